The van der Waals surface area contributed by atoms with Crippen LogP contribution in [0.25, 0.3) is 0 Å². The van der Waals surface area contributed by atoms with Crippen LogP contribution >= 0.6 is 0 Å². The summed E-state index contributed by atoms with van der Waals surface area (Å²) in [5, 5.41) is 9.44. The van der Waals surface area contributed by atoms with E-state index in [0.717, 1.165) is 19.3 Å². The van der Waals surface area contributed by atoms with E-state index in [1.165, 1.54) is 4.90 Å². The van der Waals surface area contributed by atoms with Crippen molar-refractivity contribution in [2.75, 3.05) is 11.5 Å². The summed E-state index contributed by atoms with van der Waals surface area (Å²) in [6.07, 6.45) is 2.55. The predicted molar refractivity (Wildman–Crippen MR) is 76.9 cm³/mol. The fourth-order valence-electron chi connectivity index (χ4n) is 3.37. The highest BCUT2D eigenvalue weighted by atomic mass is 16.5. The summed E-state index contributed by atoms with van der Waals surface area (Å²) in [6, 6.07) is 5.09. The maximum atomic E-state index is 12.4. The average molecular weight is 289 g/mol. The van der Waals surface area contributed by atoms with E-state index in [9.17, 15) is 14.7 Å². The molecule has 21 heavy (non-hydrogen) atoms. The largest absolute Gasteiger partial charge is 0.494 e. The van der Waals surface area contributed by atoms with Crippen LogP contribution in [0.2, 0.25) is 0 Å². The Hall–Kier alpha value is -1.88. The first kappa shape index (κ1) is 14.1. The van der Waals surface area contributed by atoms with E-state index in [-0.39, 0.29) is 30.3 Å². The van der Waals surface area contributed by atoms with Gasteiger partial charge in [0, 0.05) is 5.56 Å². The third-order valence-corrected chi connectivity index (χ3v) is 4.36. The molecule has 0 aromatic heterocycles. The van der Waals surface area contributed by atoms with Crippen LogP contribution in [0, 0.1) is 11.8 Å². The first-order valence-corrected chi connectivity index (χ1v) is 7.41. The van der Waals surface area contributed by atoms with Crippen LogP contribution in [0.3, 0.4) is 0 Å². The molecule has 2 atom stereocenters. The van der Waals surface area contributed by atoms with Crippen LogP contribution in [-0.2, 0) is 16.2 Å². The second kappa shape index (κ2) is 5.48. The lowest BCUT2D eigenvalue weighted by molar-refractivity contribution is -0.122. The van der Waals surface area contributed by atoms with E-state index >= 15 is 0 Å². The Morgan fingerprint density at radius 1 is 1.24 bits per heavy atom. The summed E-state index contributed by atoms with van der Waals surface area (Å²) in [6.45, 7) is 2.17. The number of imide groups is 1. The van der Waals surface area contributed by atoms with Crippen LogP contribution in [0.15, 0.2) is 18.2 Å². The van der Waals surface area contributed by atoms with Crippen LogP contribution in [0.1, 0.15) is 31.7 Å². The SMILES string of the molecule is CCOc1ccc(N2C(=O)C3CCCC3C2=O)cc1CO. The van der Waals surface area contributed by atoms with Gasteiger partial charge in [0.15, 0.2) is 0 Å². The minimum absolute atomic E-state index is 0.101. The molecule has 0 radical (unpaired) electrons. The van der Waals surface area contributed by atoms with Gasteiger partial charge in [-0.1, -0.05) is 6.42 Å². The molecule has 1 saturated heterocycles. The van der Waals surface area contributed by atoms with Crippen molar-refractivity contribution in [3.63, 3.8) is 0 Å². The minimum atomic E-state index is -0.188. The highest BCUT2D eigenvalue weighted by Gasteiger charge is 2.50. The van der Waals surface area contributed by atoms with Crippen molar-refractivity contribution in [2.24, 2.45) is 11.8 Å². The van der Waals surface area contributed by atoms with Gasteiger partial charge in [-0.15, -0.1) is 0 Å². The molecule has 1 heterocycles. The number of carbonyl (C=O) groups is 2. The summed E-state index contributed by atoms with van der Waals surface area (Å²) in [7, 11) is 0. The fourth-order valence-corrected chi connectivity index (χ4v) is 3.37. The molecule has 1 aliphatic heterocycles. The molecule has 2 amide bonds. The Bertz CT molecular complexity index is 562. The summed E-state index contributed by atoms with van der Waals surface area (Å²) >= 11 is 0. The molecule has 1 aromatic carbocycles. The zero-order valence-electron chi connectivity index (χ0n) is 12.0. The molecule has 0 spiro atoms. The second-order valence-corrected chi connectivity index (χ2v) is 5.54. The summed E-state index contributed by atoms with van der Waals surface area (Å²) in [5.74, 6) is 0.0810. The lowest BCUT2D eigenvalue weighted by Gasteiger charge is -2.18. The van der Waals surface area contributed by atoms with Crippen LogP contribution in [-0.4, -0.2) is 23.5 Å². The normalized spacial score (nSPS) is 24.6. The summed E-state index contributed by atoms with van der Waals surface area (Å²) < 4.78 is 5.43. The van der Waals surface area contributed by atoms with Gasteiger partial charge >= 0.3 is 0 Å². The van der Waals surface area contributed by atoms with Crippen molar-refractivity contribution in [1.82, 2.24) is 0 Å². The van der Waals surface area contributed by atoms with Gasteiger partial charge in [-0.25, -0.2) is 0 Å². The van der Waals surface area contributed by atoms with E-state index in [4.69, 9.17) is 4.74 Å². The molecular formula is C16H19NO4. The maximum Gasteiger partial charge on any atom is 0.237 e. The number of aliphatic hydroxyl groups is 1. The molecule has 5 nitrogen and oxygen atoms in total. The molecule has 0 bridgehead atoms. The number of nitrogens with zero attached hydrogens (tertiary/aromatic N) is 1. The maximum absolute atomic E-state index is 12.4. The first-order valence-electron chi connectivity index (χ1n) is 7.41. The van der Waals surface area contributed by atoms with Crippen molar-refractivity contribution in [2.45, 2.75) is 32.8 Å². The molecule has 1 aliphatic carbocycles. The molecule has 2 unspecified atom stereocenters. The van der Waals surface area contributed by atoms with Crippen LogP contribution in [0.4, 0.5) is 5.69 Å². The van der Waals surface area contributed by atoms with E-state index < -0.39 is 0 Å². The molecule has 2 fully saturated rings. The Morgan fingerprint density at radius 2 is 1.90 bits per heavy atom. The zero-order chi connectivity index (χ0) is 15.0. The topological polar surface area (TPSA) is 66.8 Å². The molecule has 112 valence electrons. The number of aliphatic hydroxyl groups excluding tert-OH is 1. The van der Waals surface area contributed by atoms with Crippen molar-refractivity contribution in [3.05, 3.63) is 23.8 Å². The smallest absolute Gasteiger partial charge is 0.237 e. The van der Waals surface area contributed by atoms with Gasteiger partial charge in [-0.05, 0) is 38.0 Å². The number of anilines is 1. The number of carbonyl (C=O) groups excluding carboxylic acids is 2. The number of ether oxygens (including phenoxy) is 1. The van der Waals surface area contributed by atoms with Gasteiger partial charge in [0.1, 0.15) is 5.75 Å². The van der Waals surface area contributed by atoms with Crippen molar-refractivity contribution in [3.8, 4) is 5.75 Å². The monoisotopic (exact) mass is 289 g/mol. The highest BCUT2D eigenvalue weighted by molar-refractivity contribution is 6.22. The number of fused-ring (bicyclic) bond motifs is 1. The molecule has 1 N–H and O–H groups in total. The van der Waals surface area contributed by atoms with Gasteiger partial charge in [0.2, 0.25) is 11.8 Å². The summed E-state index contributed by atoms with van der Waals surface area (Å²) in [5.41, 5.74) is 1.12. The minimum Gasteiger partial charge on any atom is -0.494 e. The number of hydrogen-bond donors (Lipinski definition) is 1. The van der Waals surface area contributed by atoms with Crippen molar-refractivity contribution in [1.29, 1.82) is 0 Å². The number of hydrogen-bond acceptors (Lipinski definition) is 4. The fraction of sp³-hybridized carbons (Fsp3) is 0.500. The molecule has 3 rings (SSSR count). The lowest BCUT2D eigenvalue weighted by atomic mass is 10.00. The lowest BCUT2D eigenvalue weighted by Crippen LogP contribution is -2.31. The van der Waals surface area contributed by atoms with E-state index in [1.54, 1.807) is 18.2 Å². The van der Waals surface area contributed by atoms with E-state index in [1.807, 2.05) is 6.92 Å². The number of amides is 2. The molecular weight excluding hydrogens is 270 g/mol. The van der Waals surface area contributed by atoms with Gasteiger partial charge in [0.25, 0.3) is 0 Å². The zero-order valence-corrected chi connectivity index (χ0v) is 12.0. The number of benzene rings is 1. The second-order valence-electron chi connectivity index (χ2n) is 5.54. The standard InChI is InChI=1S/C16H19NO4/c1-2-21-14-7-6-11(8-10(14)9-18)17-15(19)12-4-3-5-13(12)16(17)20/h6-8,12-13,18H,2-5,9H2,1H3. The quantitative estimate of drug-likeness (QED) is 0.859. The Morgan fingerprint density at radius 3 is 2.48 bits per heavy atom. The summed E-state index contributed by atoms with van der Waals surface area (Å²) in [4.78, 5) is 26.1. The average Bonchev–Trinajstić information content (AvgIpc) is 3.05. The van der Waals surface area contributed by atoms with Gasteiger partial charge < -0.3 is 9.84 Å². The highest BCUT2D eigenvalue weighted by Crippen LogP contribution is 2.42. The Balaban J connectivity index is 1.93. The van der Waals surface area contributed by atoms with Crippen LogP contribution in [0.5, 0.6) is 5.75 Å². The molecule has 2 aliphatic rings. The third kappa shape index (κ3) is 2.21. The van der Waals surface area contributed by atoms with Gasteiger partial charge in [0.05, 0.1) is 30.7 Å². The van der Waals surface area contributed by atoms with E-state index in [2.05, 4.69) is 0 Å². The Labute approximate surface area is 123 Å². The predicted octanol–water partition coefficient (Wildman–Crippen LogP) is 1.87. The number of rotatable bonds is 4. The van der Waals surface area contributed by atoms with Crippen molar-refractivity contribution < 1.29 is 19.4 Å². The molecule has 1 aromatic rings. The van der Waals surface area contributed by atoms with Crippen molar-refractivity contribution >= 4 is 17.5 Å². The van der Waals surface area contributed by atoms with Crippen LogP contribution < -0.4 is 9.64 Å². The molecule has 5 heteroatoms. The third-order valence-electron chi connectivity index (χ3n) is 4.36. The Kier molecular flexibility index (Phi) is 3.68. The van der Waals surface area contributed by atoms with Gasteiger partial charge in [-0.2, -0.15) is 0 Å². The molecule has 1 saturated carbocycles. The van der Waals surface area contributed by atoms with Gasteiger partial charge in [-0.3, -0.25) is 14.5 Å². The first-order chi connectivity index (χ1) is 10.2. The van der Waals surface area contributed by atoms with E-state index in [0.29, 0.717) is 23.6 Å².